The zero-order chi connectivity index (χ0) is 23.0. The summed E-state index contributed by atoms with van der Waals surface area (Å²) in [5, 5.41) is 7.45. The van der Waals surface area contributed by atoms with E-state index in [1.807, 2.05) is 85.8 Å². The summed E-state index contributed by atoms with van der Waals surface area (Å²) in [6.45, 7) is 1.99. The lowest BCUT2D eigenvalue weighted by molar-refractivity contribution is -0.115. The molecule has 33 heavy (non-hydrogen) atoms. The SMILES string of the molecule is Cc1ccc(-n2nc3c(c2NC(=O)Cc2ccc(-c4ccccc4)cc2)CS(=O)(=O)C3)cc1. The number of carbonyl (C=O) groups is 1. The van der Waals surface area contributed by atoms with Gasteiger partial charge in [0.1, 0.15) is 5.82 Å². The summed E-state index contributed by atoms with van der Waals surface area (Å²) in [7, 11) is -3.24. The van der Waals surface area contributed by atoms with E-state index >= 15 is 0 Å². The molecule has 1 aliphatic heterocycles. The normalized spacial score (nSPS) is 14.1. The molecule has 0 bridgehead atoms. The Morgan fingerprint density at radius 3 is 2.27 bits per heavy atom. The molecule has 2 heterocycles. The minimum atomic E-state index is -3.24. The molecule has 1 amide bonds. The molecule has 0 aliphatic carbocycles. The van der Waals surface area contributed by atoms with E-state index in [9.17, 15) is 13.2 Å². The molecular formula is C26H23N3O3S. The number of anilines is 1. The van der Waals surface area contributed by atoms with Gasteiger partial charge in [0.2, 0.25) is 5.91 Å². The van der Waals surface area contributed by atoms with Crippen LogP contribution in [0.1, 0.15) is 22.4 Å². The summed E-state index contributed by atoms with van der Waals surface area (Å²) in [6.07, 6.45) is 0.176. The largest absolute Gasteiger partial charge is 0.310 e. The maximum Gasteiger partial charge on any atom is 0.229 e. The van der Waals surface area contributed by atoms with Crippen molar-refractivity contribution in [3.63, 3.8) is 0 Å². The van der Waals surface area contributed by atoms with Gasteiger partial charge < -0.3 is 5.32 Å². The summed E-state index contributed by atoms with van der Waals surface area (Å²) in [6, 6.07) is 25.7. The molecule has 5 rings (SSSR count). The third-order valence-electron chi connectivity index (χ3n) is 5.75. The molecule has 0 spiro atoms. The minimum Gasteiger partial charge on any atom is -0.310 e. The monoisotopic (exact) mass is 457 g/mol. The first-order valence-corrected chi connectivity index (χ1v) is 12.5. The number of hydrogen-bond donors (Lipinski definition) is 1. The van der Waals surface area contributed by atoms with Gasteiger partial charge >= 0.3 is 0 Å². The molecule has 3 aromatic carbocycles. The summed E-state index contributed by atoms with van der Waals surface area (Å²) in [5.41, 5.74) is 6.02. The number of nitrogens with one attached hydrogen (secondary N) is 1. The Balaban J connectivity index is 1.39. The number of sulfone groups is 1. The average Bonchev–Trinajstić information content (AvgIpc) is 3.27. The molecule has 4 aromatic rings. The van der Waals surface area contributed by atoms with Gasteiger partial charge in [-0.1, -0.05) is 72.3 Å². The number of nitrogens with zero attached hydrogens (tertiary/aromatic N) is 2. The summed E-state index contributed by atoms with van der Waals surface area (Å²) >= 11 is 0. The van der Waals surface area contributed by atoms with E-state index in [1.165, 1.54) is 0 Å². The molecular weight excluding hydrogens is 434 g/mol. The molecule has 0 saturated carbocycles. The van der Waals surface area contributed by atoms with Crippen LogP contribution in [0.25, 0.3) is 16.8 Å². The predicted molar refractivity (Wildman–Crippen MR) is 129 cm³/mol. The summed E-state index contributed by atoms with van der Waals surface area (Å²) in [5.74, 6) is -0.00992. The highest BCUT2D eigenvalue weighted by Crippen LogP contribution is 2.33. The van der Waals surface area contributed by atoms with Crippen molar-refractivity contribution in [2.45, 2.75) is 24.9 Å². The lowest BCUT2D eigenvalue weighted by Gasteiger charge is -2.12. The van der Waals surface area contributed by atoms with Crippen LogP contribution in [-0.2, 0) is 32.6 Å². The summed E-state index contributed by atoms with van der Waals surface area (Å²) < 4.78 is 25.9. The van der Waals surface area contributed by atoms with Crippen molar-refractivity contribution in [2.75, 3.05) is 5.32 Å². The maximum atomic E-state index is 12.9. The Bertz CT molecular complexity index is 1420. The lowest BCUT2D eigenvalue weighted by atomic mass is 10.0. The van der Waals surface area contributed by atoms with Gasteiger partial charge in [0, 0.05) is 5.56 Å². The molecule has 0 radical (unpaired) electrons. The third-order valence-corrected chi connectivity index (χ3v) is 7.19. The smallest absolute Gasteiger partial charge is 0.229 e. The van der Waals surface area contributed by atoms with Gasteiger partial charge in [-0.15, -0.1) is 0 Å². The third kappa shape index (κ3) is 4.45. The first kappa shape index (κ1) is 21.2. The molecule has 7 heteroatoms. The van der Waals surface area contributed by atoms with Crippen molar-refractivity contribution >= 4 is 21.6 Å². The second-order valence-corrected chi connectivity index (χ2v) is 10.4. The van der Waals surface area contributed by atoms with Crippen molar-refractivity contribution in [1.29, 1.82) is 0 Å². The van der Waals surface area contributed by atoms with Crippen LogP contribution in [0.3, 0.4) is 0 Å². The highest BCUT2D eigenvalue weighted by molar-refractivity contribution is 7.90. The van der Waals surface area contributed by atoms with Gasteiger partial charge in [-0.3, -0.25) is 4.79 Å². The van der Waals surface area contributed by atoms with Crippen LogP contribution < -0.4 is 5.32 Å². The van der Waals surface area contributed by atoms with Gasteiger partial charge in [-0.05, 0) is 35.7 Å². The fraction of sp³-hybridized carbons (Fsp3) is 0.154. The van der Waals surface area contributed by atoms with Crippen LogP contribution in [0.5, 0.6) is 0 Å². The van der Waals surface area contributed by atoms with Crippen molar-refractivity contribution in [3.8, 4) is 16.8 Å². The first-order chi connectivity index (χ1) is 15.9. The van der Waals surface area contributed by atoms with Gasteiger partial charge in [0.05, 0.1) is 29.3 Å². The van der Waals surface area contributed by atoms with E-state index in [1.54, 1.807) is 4.68 Å². The van der Waals surface area contributed by atoms with Crippen LogP contribution in [-0.4, -0.2) is 24.1 Å². The van der Waals surface area contributed by atoms with Gasteiger partial charge in [-0.2, -0.15) is 5.10 Å². The minimum absolute atomic E-state index is 0.106. The number of rotatable bonds is 5. The van der Waals surface area contributed by atoms with Crippen LogP contribution in [0.15, 0.2) is 78.9 Å². The zero-order valence-electron chi connectivity index (χ0n) is 18.2. The molecule has 6 nitrogen and oxygen atoms in total. The number of hydrogen-bond acceptors (Lipinski definition) is 4. The second kappa shape index (κ2) is 8.33. The van der Waals surface area contributed by atoms with E-state index in [0.29, 0.717) is 17.1 Å². The number of aryl methyl sites for hydroxylation is 1. The number of benzene rings is 3. The fourth-order valence-corrected chi connectivity index (χ4v) is 5.54. The van der Waals surface area contributed by atoms with Crippen molar-refractivity contribution in [3.05, 3.63) is 101 Å². The van der Waals surface area contributed by atoms with E-state index in [0.717, 1.165) is 27.9 Å². The van der Waals surface area contributed by atoms with E-state index in [4.69, 9.17) is 0 Å². The van der Waals surface area contributed by atoms with E-state index in [-0.39, 0.29) is 23.8 Å². The van der Waals surface area contributed by atoms with Crippen LogP contribution in [0, 0.1) is 6.92 Å². The van der Waals surface area contributed by atoms with Gasteiger partial charge in [0.15, 0.2) is 9.84 Å². The number of aromatic nitrogens is 2. The highest BCUT2D eigenvalue weighted by Gasteiger charge is 2.33. The standard InChI is InChI=1S/C26H23N3O3S/c1-18-7-13-22(14-8-18)29-26(23-16-33(31,32)17-24(23)28-29)27-25(30)15-19-9-11-21(12-10-19)20-5-3-2-4-6-20/h2-14H,15-17H2,1H3,(H,27,30). The summed E-state index contributed by atoms with van der Waals surface area (Å²) in [4.78, 5) is 12.9. The molecule has 0 saturated heterocycles. The Morgan fingerprint density at radius 1 is 0.909 bits per heavy atom. The Morgan fingerprint density at radius 2 is 1.58 bits per heavy atom. The van der Waals surface area contributed by atoms with Crippen LogP contribution in [0.2, 0.25) is 0 Å². The molecule has 1 N–H and O–H groups in total. The average molecular weight is 458 g/mol. The number of fused-ring (bicyclic) bond motifs is 1. The molecule has 1 aromatic heterocycles. The van der Waals surface area contributed by atoms with Crippen molar-refractivity contribution < 1.29 is 13.2 Å². The quantitative estimate of drug-likeness (QED) is 0.480. The Hall–Kier alpha value is -3.71. The molecule has 0 unspecified atom stereocenters. The first-order valence-electron chi connectivity index (χ1n) is 10.7. The molecule has 1 aliphatic rings. The van der Waals surface area contributed by atoms with E-state index < -0.39 is 9.84 Å². The Labute approximate surface area is 192 Å². The highest BCUT2D eigenvalue weighted by atomic mass is 32.2. The Kier molecular flexibility index (Phi) is 5.34. The molecule has 166 valence electrons. The predicted octanol–water partition coefficient (Wildman–Crippen LogP) is 4.46. The van der Waals surface area contributed by atoms with Crippen LogP contribution in [0.4, 0.5) is 5.82 Å². The van der Waals surface area contributed by atoms with Crippen LogP contribution >= 0.6 is 0 Å². The molecule has 0 fully saturated rings. The number of carbonyl (C=O) groups excluding carboxylic acids is 1. The fourth-order valence-electron chi connectivity index (χ4n) is 4.05. The zero-order valence-corrected chi connectivity index (χ0v) is 19.0. The topological polar surface area (TPSA) is 81.1 Å². The second-order valence-electron chi connectivity index (χ2n) is 8.34. The van der Waals surface area contributed by atoms with Crippen molar-refractivity contribution in [2.24, 2.45) is 0 Å². The lowest BCUT2D eigenvalue weighted by Crippen LogP contribution is -2.18. The maximum absolute atomic E-state index is 12.9. The van der Waals surface area contributed by atoms with Gasteiger partial charge in [0.25, 0.3) is 0 Å². The van der Waals surface area contributed by atoms with E-state index in [2.05, 4.69) is 10.4 Å². The number of amides is 1. The molecule has 0 atom stereocenters. The van der Waals surface area contributed by atoms with Gasteiger partial charge in [-0.25, -0.2) is 13.1 Å². The van der Waals surface area contributed by atoms with Crippen molar-refractivity contribution in [1.82, 2.24) is 9.78 Å².